The maximum atomic E-state index is 2.16. The molecule has 0 saturated heterocycles. The molecule has 0 nitrogen and oxygen atoms in total. The molecule has 0 unspecified atom stereocenters. The van der Waals surface area contributed by atoms with Gasteiger partial charge in [-0.15, -0.1) is 0 Å². The van der Waals surface area contributed by atoms with Gasteiger partial charge >= 0.3 is 0 Å². The van der Waals surface area contributed by atoms with E-state index in [4.69, 9.17) is 0 Å². The van der Waals surface area contributed by atoms with Gasteiger partial charge in [0.1, 0.15) is 0 Å². The molecule has 1 aliphatic heterocycles. The Morgan fingerprint density at radius 1 is 0.833 bits per heavy atom. The van der Waals surface area contributed by atoms with Crippen LogP contribution in [-0.2, 0) is 20.4 Å². The summed E-state index contributed by atoms with van der Waals surface area (Å²) in [5.74, 6) is 1.20. The summed E-state index contributed by atoms with van der Waals surface area (Å²) in [5, 5.41) is 2.12. The quantitative estimate of drug-likeness (QED) is 0.529. The van der Waals surface area contributed by atoms with E-state index in [1.807, 2.05) is 58.0 Å². The fourth-order valence-corrected chi connectivity index (χ4v) is 2.15. The Bertz CT molecular complexity index is 166. The standard InChI is InChI=1S/C6H6.C3H4S2.Pd/c1-2-4-6-5-3-1;1-2-4-5-3-1;/h1-6H;1-2H,3H2;. The molecule has 3 heteroatoms. The maximum Gasteiger partial charge on any atom is 0.0229 e. The molecule has 12 heavy (non-hydrogen) atoms. The van der Waals surface area contributed by atoms with Gasteiger partial charge in [0.15, 0.2) is 0 Å². The second kappa shape index (κ2) is 9.41. The van der Waals surface area contributed by atoms with Crippen molar-refractivity contribution in [3.63, 3.8) is 0 Å². The van der Waals surface area contributed by atoms with Crippen LogP contribution in [0.2, 0.25) is 0 Å². The van der Waals surface area contributed by atoms with E-state index in [0.717, 1.165) is 0 Å². The van der Waals surface area contributed by atoms with Gasteiger partial charge in [0.05, 0.1) is 0 Å². The first-order chi connectivity index (χ1) is 5.50. The van der Waals surface area contributed by atoms with Gasteiger partial charge in [0.2, 0.25) is 0 Å². The van der Waals surface area contributed by atoms with Gasteiger partial charge in [-0.2, -0.15) is 0 Å². The monoisotopic (exact) mass is 288 g/mol. The predicted molar refractivity (Wildman–Crippen MR) is 55.6 cm³/mol. The third-order valence-corrected chi connectivity index (χ3v) is 2.97. The van der Waals surface area contributed by atoms with Gasteiger partial charge in [-0.05, 0) is 5.41 Å². The third-order valence-electron chi connectivity index (χ3n) is 1.05. The van der Waals surface area contributed by atoms with E-state index in [2.05, 4.69) is 11.5 Å². The molecular weight excluding hydrogens is 279 g/mol. The zero-order valence-corrected chi connectivity index (χ0v) is 9.65. The smallest absolute Gasteiger partial charge is 0.0229 e. The van der Waals surface area contributed by atoms with Crippen LogP contribution in [0.1, 0.15) is 0 Å². The van der Waals surface area contributed by atoms with Crippen molar-refractivity contribution in [2.45, 2.75) is 0 Å². The van der Waals surface area contributed by atoms with Crippen molar-refractivity contribution >= 4 is 21.6 Å². The molecule has 1 aliphatic rings. The molecule has 2 rings (SSSR count). The molecule has 68 valence electrons. The molecule has 0 aromatic heterocycles. The average molecular weight is 289 g/mol. The molecule has 1 heterocycles. The topological polar surface area (TPSA) is 0 Å². The van der Waals surface area contributed by atoms with Crippen LogP contribution in [0, 0.1) is 0 Å². The normalized spacial score (nSPS) is 12.7. The first-order valence-electron chi connectivity index (χ1n) is 3.43. The zero-order chi connectivity index (χ0) is 7.78. The van der Waals surface area contributed by atoms with Crippen LogP contribution in [0.3, 0.4) is 0 Å². The Labute approximate surface area is 95.3 Å². The second-order valence-electron chi connectivity index (χ2n) is 1.91. The van der Waals surface area contributed by atoms with Gasteiger partial charge in [-0.3, -0.25) is 0 Å². The largest absolute Gasteiger partial charge is 0.0854 e. The molecule has 1 aromatic rings. The SMILES string of the molecule is C1=CSSC1.[Pd].c1ccccc1. The van der Waals surface area contributed by atoms with Gasteiger partial charge in [-0.25, -0.2) is 0 Å². The van der Waals surface area contributed by atoms with Crippen LogP contribution >= 0.6 is 21.6 Å². The summed E-state index contributed by atoms with van der Waals surface area (Å²) in [5.41, 5.74) is 0. The van der Waals surface area contributed by atoms with Crippen molar-refractivity contribution in [2.75, 3.05) is 5.75 Å². The molecule has 0 bridgehead atoms. The molecule has 0 atom stereocenters. The van der Waals surface area contributed by atoms with Crippen LogP contribution in [-0.4, -0.2) is 5.75 Å². The summed E-state index contributed by atoms with van der Waals surface area (Å²) in [4.78, 5) is 0. The number of rotatable bonds is 0. The number of hydrogen-bond acceptors (Lipinski definition) is 2. The van der Waals surface area contributed by atoms with E-state index in [1.165, 1.54) is 5.75 Å². The van der Waals surface area contributed by atoms with Crippen molar-refractivity contribution in [3.05, 3.63) is 47.9 Å². The predicted octanol–water partition coefficient (Wildman–Crippen LogP) is 3.58. The van der Waals surface area contributed by atoms with Crippen molar-refractivity contribution in [3.8, 4) is 0 Å². The number of hydrogen-bond donors (Lipinski definition) is 0. The molecule has 0 saturated carbocycles. The fraction of sp³-hybridized carbons (Fsp3) is 0.111. The van der Waals surface area contributed by atoms with Crippen LogP contribution in [0.4, 0.5) is 0 Å². The Hall–Kier alpha value is 0.322. The van der Waals surface area contributed by atoms with Crippen molar-refractivity contribution in [1.29, 1.82) is 0 Å². The summed E-state index contributed by atoms with van der Waals surface area (Å²) in [7, 11) is 3.69. The van der Waals surface area contributed by atoms with Crippen molar-refractivity contribution < 1.29 is 20.4 Å². The Morgan fingerprint density at radius 3 is 1.50 bits per heavy atom. The molecule has 0 fully saturated rings. The third kappa shape index (κ3) is 7.00. The molecule has 0 aliphatic carbocycles. The molecular formula is C9H10PdS2. The van der Waals surface area contributed by atoms with Crippen LogP contribution in [0.25, 0.3) is 0 Å². The molecule has 1 aromatic carbocycles. The van der Waals surface area contributed by atoms with Gasteiger partial charge in [-0.1, -0.05) is 64.1 Å². The first-order valence-corrected chi connectivity index (χ1v) is 5.81. The van der Waals surface area contributed by atoms with E-state index in [0.29, 0.717) is 0 Å². The molecule has 0 amide bonds. The van der Waals surface area contributed by atoms with Crippen LogP contribution in [0.15, 0.2) is 47.9 Å². The minimum absolute atomic E-state index is 0. The average Bonchev–Trinajstić information content (AvgIpc) is 2.64. The second-order valence-corrected chi connectivity index (χ2v) is 4.23. The van der Waals surface area contributed by atoms with Gasteiger partial charge < -0.3 is 0 Å². The van der Waals surface area contributed by atoms with E-state index >= 15 is 0 Å². The minimum Gasteiger partial charge on any atom is -0.0854 e. The molecule has 0 radical (unpaired) electrons. The van der Waals surface area contributed by atoms with Crippen LogP contribution in [0.5, 0.6) is 0 Å². The number of benzene rings is 1. The fourth-order valence-electron chi connectivity index (χ4n) is 0.581. The summed E-state index contributed by atoms with van der Waals surface area (Å²) in [6.07, 6.45) is 2.16. The Balaban J connectivity index is 0.000000189. The molecule has 0 spiro atoms. The first kappa shape index (κ1) is 12.3. The van der Waals surface area contributed by atoms with Crippen molar-refractivity contribution in [2.24, 2.45) is 0 Å². The maximum absolute atomic E-state index is 2.16. The summed E-state index contributed by atoms with van der Waals surface area (Å²) >= 11 is 0. The van der Waals surface area contributed by atoms with E-state index in [1.54, 1.807) is 0 Å². The van der Waals surface area contributed by atoms with E-state index in [9.17, 15) is 0 Å². The van der Waals surface area contributed by atoms with Gasteiger partial charge in [0, 0.05) is 26.2 Å². The van der Waals surface area contributed by atoms with Gasteiger partial charge in [0.25, 0.3) is 0 Å². The summed E-state index contributed by atoms with van der Waals surface area (Å²) in [6.45, 7) is 0. The minimum atomic E-state index is 0. The summed E-state index contributed by atoms with van der Waals surface area (Å²) < 4.78 is 0. The van der Waals surface area contributed by atoms with E-state index in [-0.39, 0.29) is 20.4 Å². The summed E-state index contributed by atoms with van der Waals surface area (Å²) in [6, 6.07) is 12.0. The van der Waals surface area contributed by atoms with Crippen LogP contribution < -0.4 is 0 Å². The Kier molecular flexibility index (Phi) is 9.66. The van der Waals surface area contributed by atoms with Crippen molar-refractivity contribution in [1.82, 2.24) is 0 Å². The molecule has 0 N–H and O–H groups in total. The zero-order valence-electron chi connectivity index (χ0n) is 6.46. The van der Waals surface area contributed by atoms with E-state index < -0.39 is 0 Å². The Morgan fingerprint density at radius 2 is 1.33 bits per heavy atom.